The Morgan fingerprint density at radius 3 is 2.52 bits per heavy atom. The second-order valence-corrected chi connectivity index (χ2v) is 6.57. The molecule has 0 aromatic carbocycles. The van der Waals surface area contributed by atoms with E-state index in [-0.39, 0.29) is 11.7 Å². The fraction of sp³-hybridized carbons (Fsp3) is 0.625. The fourth-order valence-corrected chi connectivity index (χ4v) is 3.53. The van der Waals surface area contributed by atoms with Crippen LogP contribution in [0.25, 0.3) is 0 Å². The van der Waals surface area contributed by atoms with E-state index in [1.807, 2.05) is 0 Å². The zero-order chi connectivity index (χ0) is 15.1. The van der Waals surface area contributed by atoms with Gasteiger partial charge in [0.05, 0.1) is 4.88 Å². The van der Waals surface area contributed by atoms with Gasteiger partial charge in [-0.05, 0) is 25.8 Å². The van der Waals surface area contributed by atoms with E-state index in [0.717, 1.165) is 6.54 Å². The molecule has 1 heterocycles. The predicted octanol–water partition coefficient (Wildman–Crippen LogP) is 2.99. The van der Waals surface area contributed by atoms with Gasteiger partial charge in [-0.25, -0.2) is 0 Å². The first-order valence-electron chi connectivity index (χ1n) is 7.78. The molecule has 1 aliphatic rings. The third kappa shape index (κ3) is 5.25. The van der Waals surface area contributed by atoms with Crippen molar-refractivity contribution in [2.45, 2.75) is 51.5 Å². The van der Waals surface area contributed by atoms with E-state index in [1.54, 1.807) is 11.4 Å². The first-order valence-corrected chi connectivity index (χ1v) is 8.66. The molecular formula is C16H24N2O2S. The minimum absolute atomic E-state index is 0.000306. The molecule has 5 heteroatoms. The van der Waals surface area contributed by atoms with Gasteiger partial charge in [0.15, 0.2) is 5.78 Å². The van der Waals surface area contributed by atoms with E-state index in [4.69, 9.17) is 0 Å². The van der Waals surface area contributed by atoms with E-state index in [9.17, 15) is 9.59 Å². The maximum Gasteiger partial charge on any atom is 0.261 e. The Labute approximate surface area is 130 Å². The normalized spacial score (nSPS) is 16.4. The number of carbonyl (C=O) groups excluding carboxylic acids is 2. The minimum Gasteiger partial charge on any atom is -0.350 e. The van der Waals surface area contributed by atoms with Crippen LogP contribution in [-0.2, 0) is 0 Å². The van der Waals surface area contributed by atoms with Gasteiger partial charge in [-0.1, -0.05) is 25.7 Å². The summed E-state index contributed by atoms with van der Waals surface area (Å²) in [6.45, 7) is 2.95. The van der Waals surface area contributed by atoms with Gasteiger partial charge in [0.2, 0.25) is 0 Å². The zero-order valence-electron chi connectivity index (χ0n) is 12.6. The van der Waals surface area contributed by atoms with Crippen LogP contribution in [0.5, 0.6) is 0 Å². The van der Waals surface area contributed by atoms with Crippen molar-refractivity contribution in [3.63, 3.8) is 0 Å². The van der Waals surface area contributed by atoms with Gasteiger partial charge in [0.25, 0.3) is 5.91 Å². The second-order valence-electron chi connectivity index (χ2n) is 5.65. The van der Waals surface area contributed by atoms with Crippen molar-refractivity contribution in [3.05, 3.63) is 21.9 Å². The number of amides is 1. The molecule has 4 nitrogen and oxygen atoms in total. The molecule has 0 unspecified atom stereocenters. The quantitative estimate of drug-likeness (QED) is 0.482. The highest BCUT2D eigenvalue weighted by Crippen LogP contribution is 2.17. The van der Waals surface area contributed by atoms with Crippen molar-refractivity contribution in [2.75, 3.05) is 13.1 Å². The van der Waals surface area contributed by atoms with Crippen LogP contribution in [0.15, 0.2) is 11.4 Å². The van der Waals surface area contributed by atoms with Crippen LogP contribution < -0.4 is 10.6 Å². The Balaban J connectivity index is 1.67. The molecule has 0 atom stereocenters. The first-order chi connectivity index (χ1) is 10.2. The number of Topliss-reactive ketones (excluding diaryl/α,β-unsaturated/α-hetero) is 1. The summed E-state index contributed by atoms with van der Waals surface area (Å²) < 4.78 is 0. The van der Waals surface area contributed by atoms with Crippen molar-refractivity contribution in [3.8, 4) is 0 Å². The maximum atomic E-state index is 11.9. The molecule has 1 aliphatic carbocycles. The molecule has 2 rings (SSSR count). The third-order valence-electron chi connectivity index (χ3n) is 3.93. The molecule has 1 fully saturated rings. The van der Waals surface area contributed by atoms with E-state index >= 15 is 0 Å². The summed E-state index contributed by atoms with van der Waals surface area (Å²) in [4.78, 5) is 23.8. The molecule has 0 aliphatic heterocycles. The monoisotopic (exact) mass is 308 g/mol. The lowest BCUT2D eigenvalue weighted by molar-refractivity contribution is 0.0957. The molecule has 116 valence electrons. The summed E-state index contributed by atoms with van der Waals surface area (Å²) in [5.74, 6) is -0.0875. The van der Waals surface area contributed by atoms with Gasteiger partial charge in [-0.3, -0.25) is 9.59 Å². The van der Waals surface area contributed by atoms with E-state index in [2.05, 4.69) is 10.6 Å². The van der Waals surface area contributed by atoms with Crippen molar-refractivity contribution < 1.29 is 9.59 Å². The number of nitrogens with one attached hydrogen (secondary N) is 2. The highest BCUT2D eigenvalue weighted by molar-refractivity contribution is 7.12. The van der Waals surface area contributed by atoms with Gasteiger partial charge in [0.1, 0.15) is 0 Å². The number of hydrogen-bond acceptors (Lipinski definition) is 4. The SMILES string of the molecule is CC(=O)c1csc(C(=O)NCCNC2CCCCCC2)c1. The van der Waals surface area contributed by atoms with Gasteiger partial charge in [0, 0.05) is 30.1 Å². The van der Waals surface area contributed by atoms with Gasteiger partial charge < -0.3 is 10.6 Å². The summed E-state index contributed by atoms with van der Waals surface area (Å²) in [7, 11) is 0. The zero-order valence-corrected chi connectivity index (χ0v) is 13.4. The van der Waals surface area contributed by atoms with Crippen molar-refractivity contribution >= 4 is 23.0 Å². The molecule has 1 aromatic rings. The van der Waals surface area contributed by atoms with Gasteiger partial charge in [-0.15, -0.1) is 11.3 Å². The predicted molar refractivity (Wildman–Crippen MR) is 86.1 cm³/mol. The lowest BCUT2D eigenvalue weighted by Crippen LogP contribution is -2.36. The lowest BCUT2D eigenvalue weighted by Gasteiger charge is -2.16. The maximum absolute atomic E-state index is 11.9. The molecule has 1 amide bonds. The summed E-state index contributed by atoms with van der Waals surface area (Å²) in [5.41, 5.74) is 0.613. The number of hydrogen-bond donors (Lipinski definition) is 2. The lowest BCUT2D eigenvalue weighted by atomic mass is 10.1. The van der Waals surface area contributed by atoms with Crippen LogP contribution in [-0.4, -0.2) is 30.8 Å². The fourth-order valence-electron chi connectivity index (χ4n) is 2.66. The van der Waals surface area contributed by atoms with Crippen LogP contribution >= 0.6 is 11.3 Å². The number of thiophene rings is 1. The van der Waals surface area contributed by atoms with E-state index in [1.165, 1.54) is 56.8 Å². The Morgan fingerprint density at radius 1 is 1.19 bits per heavy atom. The summed E-state index contributed by atoms with van der Waals surface area (Å²) in [6, 6.07) is 2.27. The second kappa shape index (κ2) is 8.29. The molecule has 1 saturated carbocycles. The van der Waals surface area contributed by atoms with Crippen LogP contribution in [0.1, 0.15) is 65.5 Å². The van der Waals surface area contributed by atoms with Crippen LogP contribution in [0.2, 0.25) is 0 Å². The average molecular weight is 308 g/mol. The molecule has 21 heavy (non-hydrogen) atoms. The van der Waals surface area contributed by atoms with Crippen molar-refractivity contribution in [1.82, 2.24) is 10.6 Å². The smallest absolute Gasteiger partial charge is 0.261 e. The average Bonchev–Trinajstić information content (AvgIpc) is 2.82. The summed E-state index contributed by atoms with van der Waals surface area (Å²) in [5, 5.41) is 8.17. The topological polar surface area (TPSA) is 58.2 Å². The van der Waals surface area contributed by atoms with Crippen molar-refractivity contribution in [2.24, 2.45) is 0 Å². The molecule has 1 aromatic heterocycles. The van der Waals surface area contributed by atoms with Crippen LogP contribution in [0, 0.1) is 0 Å². The number of rotatable bonds is 6. The van der Waals surface area contributed by atoms with E-state index in [0.29, 0.717) is 23.0 Å². The summed E-state index contributed by atoms with van der Waals surface area (Å²) in [6.07, 6.45) is 7.83. The third-order valence-corrected chi connectivity index (χ3v) is 4.86. The molecule has 2 N–H and O–H groups in total. The largest absolute Gasteiger partial charge is 0.350 e. The van der Waals surface area contributed by atoms with Crippen LogP contribution in [0.3, 0.4) is 0 Å². The molecule has 0 bridgehead atoms. The highest BCUT2D eigenvalue weighted by atomic mass is 32.1. The molecule has 0 spiro atoms. The molecular weight excluding hydrogens is 284 g/mol. The van der Waals surface area contributed by atoms with Crippen LogP contribution in [0.4, 0.5) is 0 Å². The highest BCUT2D eigenvalue weighted by Gasteiger charge is 2.12. The molecule has 0 radical (unpaired) electrons. The first kappa shape index (κ1) is 16.2. The minimum atomic E-state index is -0.0878. The number of carbonyl (C=O) groups is 2. The number of ketones is 1. The molecule has 0 saturated heterocycles. The summed E-state index contributed by atoms with van der Waals surface area (Å²) >= 11 is 1.32. The Morgan fingerprint density at radius 2 is 1.90 bits per heavy atom. The Bertz CT molecular complexity index is 476. The van der Waals surface area contributed by atoms with E-state index < -0.39 is 0 Å². The Kier molecular flexibility index (Phi) is 6.39. The standard InChI is InChI=1S/C16H24N2O2S/c1-12(19)13-10-15(21-11-13)16(20)18-9-8-17-14-6-4-2-3-5-7-14/h10-11,14,17H,2-9H2,1H3,(H,18,20). The van der Waals surface area contributed by atoms with Crippen molar-refractivity contribution in [1.29, 1.82) is 0 Å². The van der Waals surface area contributed by atoms with Gasteiger partial charge in [-0.2, -0.15) is 0 Å². The Hall–Kier alpha value is -1.20. The van der Waals surface area contributed by atoms with Gasteiger partial charge >= 0.3 is 0 Å².